The molecule has 0 aliphatic carbocycles. The van der Waals surface area contributed by atoms with Crippen LogP contribution < -0.4 is 4.90 Å². The van der Waals surface area contributed by atoms with E-state index in [0.717, 1.165) is 44.6 Å². The van der Waals surface area contributed by atoms with Gasteiger partial charge in [-0.1, -0.05) is 97.1 Å². The molecule has 0 bridgehead atoms. The standard InChI is InChI=1S/C46H29N3O2/c1-3-11-31(12-4-1)45-47-41-24-22-37(28-43(41)50-45)49(38-23-25-42-44(29-38)51-46(48-42)32-13-5-2-6-14-32)36-21-20-33-26-35(19-18-34(33)27-36)40-17-9-15-30-10-7-8-16-39(30)40/h1-29H. The normalized spacial score (nSPS) is 11.5. The molecule has 0 spiro atoms. The summed E-state index contributed by atoms with van der Waals surface area (Å²) >= 11 is 0. The first kappa shape index (κ1) is 29.0. The van der Waals surface area contributed by atoms with Gasteiger partial charge in [-0.15, -0.1) is 0 Å². The zero-order chi connectivity index (χ0) is 33.7. The fourth-order valence-electron chi connectivity index (χ4n) is 6.98. The van der Waals surface area contributed by atoms with Gasteiger partial charge >= 0.3 is 0 Å². The summed E-state index contributed by atoms with van der Waals surface area (Å²) < 4.78 is 12.7. The maximum atomic E-state index is 6.33. The van der Waals surface area contributed by atoms with E-state index in [1.54, 1.807) is 0 Å². The fourth-order valence-corrected chi connectivity index (χ4v) is 6.98. The first-order valence-electron chi connectivity index (χ1n) is 17.0. The Morgan fingerprint density at radius 1 is 0.373 bits per heavy atom. The number of aromatic nitrogens is 2. The van der Waals surface area contributed by atoms with Gasteiger partial charge in [0, 0.05) is 40.3 Å². The highest BCUT2D eigenvalue weighted by Gasteiger charge is 2.19. The molecule has 10 aromatic rings. The summed E-state index contributed by atoms with van der Waals surface area (Å²) in [5, 5.41) is 4.79. The van der Waals surface area contributed by atoms with Gasteiger partial charge in [0.2, 0.25) is 11.8 Å². The van der Waals surface area contributed by atoms with Crippen LogP contribution in [-0.2, 0) is 0 Å². The van der Waals surface area contributed by atoms with Crippen molar-refractivity contribution in [2.24, 2.45) is 0 Å². The number of anilines is 3. The number of rotatable bonds is 6. The van der Waals surface area contributed by atoms with Crippen molar-refractivity contribution >= 4 is 60.8 Å². The van der Waals surface area contributed by atoms with Crippen LogP contribution >= 0.6 is 0 Å². The van der Waals surface area contributed by atoms with Crippen molar-refractivity contribution in [1.82, 2.24) is 9.97 Å². The molecule has 0 aliphatic heterocycles. The molecule has 0 aliphatic rings. The molecule has 0 saturated heterocycles. The van der Waals surface area contributed by atoms with E-state index in [0.29, 0.717) is 22.9 Å². The maximum Gasteiger partial charge on any atom is 0.227 e. The number of benzene rings is 8. The lowest BCUT2D eigenvalue weighted by atomic mass is 9.96. The molecule has 0 radical (unpaired) electrons. The second-order valence-electron chi connectivity index (χ2n) is 12.7. The van der Waals surface area contributed by atoms with Crippen LogP contribution in [-0.4, -0.2) is 9.97 Å². The van der Waals surface area contributed by atoms with Crippen molar-refractivity contribution in [2.75, 3.05) is 4.90 Å². The lowest BCUT2D eigenvalue weighted by Crippen LogP contribution is -2.09. The summed E-state index contributed by atoms with van der Waals surface area (Å²) in [4.78, 5) is 11.8. The van der Waals surface area contributed by atoms with Crippen LogP contribution in [0.3, 0.4) is 0 Å². The van der Waals surface area contributed by atoms with Crippen molar-refractivity contribution in [3.63, 3.8) is 0 Å². The fraction of sp³-hybridized carbons (Fsp3) is 0. The van der Waals surface area contributed by atoms with Gasteiger partial charge in [0.1, 0.15) is 11.0 Å². The molecule has 2 aromatic heterocycles. The Morgan fingerprint density at radius 2 is 0.902 bits per heavy atom. The van der Waals surface area contributed by atoms with Crippen molar-refractivity contribution < 1.29 is 8.83 Å². The quantitative estimate of drug-likeness (QED) is 0.178. The van der Waals surface area contributed by atoms with Crippen molar-refractivity contribution in [2.45, 2.75) is 0 Å². The van der Waals surface area contributed by atoms with Crippen LogP contribution in [0.4, 0.5) is 17.1 Å². The molecule has 0 saturated carbocycles. The van der Waals surface area contributed by atoms with Gasteiger partial charge in [0.25, 0.3) is 0 Å². The summed E-state index contributed by atoms with van der Waals surface area (Å²) in [5.41, 5.74) is 10.2. The van der Waals surface area contributed by atoms with Crippen LogP contribution in [0.1, 0.15) is 0 Å². The summed E-state index contributed by atoms with van der Waals surface area (Å²) in [6.45, 7) is 0. The summed E-state index contributed by atoms with van der Waals surface area (Å²) in [7, 11) is 0. The molecule has 5 heteroatoms. The predicted octanol–water partition coefficient (Wildman–Crippen LogP) is 12.7. The van der Waals surface area contributed by atoms with Gasteiger partial charge in [-0.2, -0.15) is 0 Å². The largest absolute Gasteiger partial charge is 0.436 e. The Kier molecular flexibility index (Phi) is 6.74. The first-order chi connectivity index (χ1) is 25.2. The van der Waals surface area contributed by atoms with Gasteiger partial charge < -0.3 is 13.7 Å². The van der Waals surface area contributed by atoms with E-state index in [-0.39, 0.29) is 0 Å². The van der Waals surface area contributed by atoms with Gasteiger partial charge in [-0.25, -0.2) is 9.97 Å². The van der Waals surface area contributed by atoms with Gasteiger partial charge in [0.05, 0.1) is 0 Å². The van der Waals surface area contributed by atoms with Crippen molar-refractivity contribution in [3.05, 3.63) is 176 Å². The van der Waals surface area contributed by atoms with Crippen LogP contribution in [0.2, 0.25) is 0 Å². The molecule has 5 nitrogen and oxygen atoms in total. The van der Waals surface area contributed by atoms with Crippen LogP contribution in [0.25, 0.3) is 77.8 Å². The highest BCUT2D eigenvalue weighted by Crippen LogP contribution is 2.40. The average Bonchev–Trinajstić information content (AvgIpc) is 3.83. The Hall–Kier alpha value is -6.98. The van der Waals surface area contributed by atoms with Gasteiger partial charge in [0.15, 0.2) is 11.2 Å². The van der Waals surface area contributed by atoms with Crippen molar-refractivity contribution in [1.29, 1.82) is 0 Å². The lowest BCUT2D eigenvalue weighted by Gasteiger charge is -2.25. The minimum Gasteiger partial charge on any atom is -0.436 e. The SMILES string of the molecule is c1ccc(-c2nc3ccc(N(c4ccc5cc(-c6cccc7ccccc67)ccc5c4)c4ccc5nc(-c6ccccc6)oc5c4)cc3o2)cc1. The average molecular weight is 656 g/mol. The van der Waals surface area contributed by atoms with Crippen LogP contribution in [0.5, 0.6) is 0 Å². The summed E-state index contributed by atoms with van der Waals surface area (Å²) in [5.74, 6) is 1.19. The number of hydrogen-bond acceptors (Lipinski definition) is 5. The molecule has 8 aromatic carbocycles. The van der Waals surface area contributed by atoms with E-state index in [9.17, 15) is 0 Å². The molecule has 0 fully saturated rings. The van der Waals surface area contributed by atoms with E-state index in [4.69, 9.17) is 18.8 Å². The van der Waals surface area contributed by atoms with E-state index >= 15 is 0 Å². The lowest BCUT2D eigenvalue weighted by molar-refractivity contribution is 0.620. The molecule has 240 valence electrons. The highest BCUT2D eigenvalue weighted by atomic mass is 16.4. The Bertz CT molecular complexity index is 2750. The predicted molar refractivity (Wildman–Crippen MR) is 208 cm³/mol. The monoisotopic (exact) mass is 655 g/mol. The zero-order valence-corrected chi connectivity index (χ0v) is 27.4. The third-order valence-corrected chi connectivity index (χ3v) is 9.48. The Morgan fingerprint density at radius 3 is 1.57 bits per heavy atom. The topological polar surface area (TPSA) is 55.3 Å². The molecule has 51 heavy (non-hydrogen) atoms. The highest BCUT2D eigenvalue weighted by molar-refractivity contribution is 6.00. The first-order valence-corrected chi connectivity index (χ1v) is 17.0. The second kappa shape index (κ2) is 11.9. The minimum atomic E-state index is 0.596. The van der Waals surface area contributed by atoms with E-state index in [1.165, 1.54) is 27.3 Å². The molecular formula is C46H29N3O2. The second-order valence-corrected chi connectivity index (χ2v) is 12.7. The number of oxazole rings is 2. The number of hydrogen-bond donors (Lipinski definition) is 0. The third-order valence-electron chi connectivity index (χ3n) is 9.48. The van der Waals surface area contributed by atoms with Crippen LogP contribution in [0.15, 0.2) is 185 Å². The molecule has 0 atom stereocenters. The third kappa shape index (κ3) is 5.20. The minimum absolute atomic E-state index is 0.596. The van der Waals surface area contributed by atoms with Gasteiger partial charge in [-0.3, -0.25) is 0 Å². The zero-order valence-electron chi connectivity index (χ0n) is 27.4. The number of nitrogens with zero attached hydrogens (tertiary/aromatic N) is 3. The smallest absolute Gasteiger partial charge is 0.227 e. The molecule has 0 amide bonds. The Labute approximate surface area is 293 Å². The molecule has 0 N–H and O–H groups in total. The summed E-state index contributed by atoms with van der Waals surface area (Å²) in [6.07, 6.45) is 0. The number of fused-ring (bicyclic) bond motifs is 4. The molecule has 0 unspecified atom stereocenters. The van der Waals surface area contributed by atoms with Crippen LogP contribution in [0, 0.1) is 0 Å². The van der Waals surface area contributed by atoms with E-state index < -0.39 is 0 Å². The van der Waals surface area contributed by atoms with E-state index in [2.05, 4.69) is 108 Å². The summed E-state index contributed by atoms with van der Waals surface area (Å²) in [6, 6.07) is 60.7. The molecule has 2 heterocycles. The van der Waals surface area contributed by atoms with Gasteiger partial charge in [-0.05, 0) is 99.4 Å². The molecule has 10 rings (SSSR count). The Balaban J connectivity index is 1.10. The maximum absolute atomic E-state index is 6.33. The molecular weight excluding hydrogens is 627 g/mol. The van der Waals surface area contributed by atoms with Crippen molar-refractivity contribution in [3.8, 4) is 34.0 Å². The van der Waals surface area contributed by atoms with E-state index in [1.807, 2.05) is 72.8 Å².